The molecule has 0 aliphatic carbocycles. The zero-order valence-electron chi connectivity index (χ0n) is 16.1. The molecule has 2 N–H and O–H groups in total. The van der Waals surface area contributed by atoms with Gasteiger partial charge in [0.2, 0.25) is 5.91 Å². The molecular formula is C22H25NO5. The Morgan fingerprint density at radius 1 is 1.00 bits per heavy atom. The highest BCUT2D eigenvalue weighted by atomic mass is 16.5. The summed E-state index contributed by atoms with van der Waals surface area (Å²) in [5, 5.41) is 12.4. The Hall–Kier alpha value is -3.15. The Kier molecular flexibility index (Phi) is 7.32. The smallest absolute Gasteiger partial charge is 0.334 e. The van der Waals surface area contributed by atoms with Gasteiger partial charge in [-0.1, -0.05) is 37.3 Å². The number of methoxy groups -OCH3 is 1. The van der Waals surface area contributed by atoms with Crippen LogP contribution in [0.5, 0.6) is 5.75 Å². The van der Waals surface area contributed by atoms with Crippen LogP contribution in [0.1, 0.15) is 48.5 Å². The third kappa shape index (κ3) is 4.97. The van der Waals surface area contributed by atoms with Gasteiger partial charge in [-0.25, -0.2) is 4.79 Å². The van der Waals surface area contributed by atoms with Crippen LogP contribution in [0.25, 0.3) is 0 Å². The number of carbonyl (C=O) groups excluding carboxylic acids is 2. The molecular weight excluding hydrogens is 358 g/mol. The van der Waals surface area contributed by atoms with Crippen LogP contribution in [0.15, 0.2) is 54.6 Å². The predicted octanol–water partition coefficient (Wildman–Crippen LogP) is 3.55. The summed E-state index contributed by atoms with van der Waals surface area (Å²) in [7, 11) is 1.55. The number of hydrogen-bond donors (Lipinski definition) is 2. The number of Topliss-reactive ketones (excluding diaryl/α,β-unsaturated/α-hetero) is 1. The Morgan fingerprint density at radius 2 is 1.64 bits per heavy atom. The van der Waals surface area contributed by atoms with Gasteiger partial charge >= 0.3 is 5.97 Å². The number of carboxylic acids is 1. The predicted molar refractivity (Wildman–Crippen MR) is 105 cm³/mol. The van der Waals surface area contributed by atoms with Gasteiger partial charge in [0.1, 0.15) is 5.75 Å². The number of benzene rings is 2. The van der Waals surface area contributed by atoms with Crippen LogP contribution < -0.4 is 10.1 Å². The third-order valence-electron chi connectivity index (χ3n) is 4.73. The zero-order chi connectivity index (χ0) is 20.6. The molecule has 0 fully saturated rings. The molecule has 0 bridgehead atoms. The van der Waals surface area contributed by atoms with Crippen molar-refractivity contribution in [3.8, 4) is 5.75 Å². The number of nitrogens with one attached hydrogen (secondary N) is 1. The lowest BCUT2D eigenvalue weighted by molar-refractivity contribution is -0.148. The maximum atomic E-state index is 12.4. The molecule has 0 aliphatic heterocycles. The molecule has 148 valence electrons. The van der Waals surface area contributed by atoms with Gasteiger partial charge in [0.05, 0.1) is 7.11 Å². The minimum atomic E-state index is -1.47. The van der Waals surface area contributed by atoms with E-state index in [4.69, 9.17) is 4.74 Å². The van der Waals surface area contributed by atoms with Crippen molar-refractivity contribution in [3.05, 3.63) is 65.7 Å². The number of carbonyl (C=O) groups is 3. The summed E-state index contributed by atoms with van der Waals surface area (Å²) in [5.41, 5.74) is -0.398. The quantitative estimate of drug-likeness (QED) is 0.612. The summed E-state index contributed by atoms with van der Waals surface area (Å²) >= 11 is 0. The second-order valence-electron chi connectivity index (χ2n) is 6.48. The fourth-order valence-corrected chi connectivity index (χ4v) is 3.05. The molecule has 6 nitrogen and oxygen atoms in total. The van der Waals surface area contributed by atoms with Crippen molar-refractivity contribution in [3.63, 3.8) is 0 Å². The van der Waals surface area contributed by atoms with Crippen molar-refractivity contribution in [2.75, 3.05) is 7.11 Å². The molecule has 0 aliphatic rings. The Bertz CT molecular complexity index is 817. The maximum absolute atomic E-state index is 12.4. The number of aliphatic carboxylic acids is 1. The van der Waals surface area contributed by atoms with Crippen LogP contribution in [0, 0.1) is 0 Å². The first kappa shape index (κ1) is 21.2. The van der Waals surface area contributed by atoms with E-state index in [2.05, 4.69) is 5.32 Å². The molecule has 2 aromatic rings. The van der Waals surface area contributed by atoms with Gasteiger partial charge in [-0.05, 0) is 42.7 Å². The van der Waals surface area contributed by atoms with Gasteiger partial charge in [0.15, 0.2) is 11.3 Å². The lowest BCUT2D eigenvalue weighted by Gasteiger charge is -2.30. The van der Waals surface area contributed by atoms with Crippen LogP contribution in [0.3, 0.4) is 0 Å². The van der Waals surface area contributed by atoms with Crippen molar-refractivity contribution in [2.45, 2.75) is 38.1 Å². The monoisotopic (exact) mass is 383 g/mol. The number of ketones is 1. The molecule has 0 radical (unpaired) electrons. The van der Waals surface area contributed by atoms with Gasteiger partial charge in [0, 0.05) is 18.4 Å². The largest absolute Gasteiger partial charge is 0.497 e. The first-order valence-electron chi connectivity index (χ1n) is 9.20. The third-order valence-corrected chi connectivity index (χ3v) is 4.73. The number of carboxylic acid groups (broad SMARTS) is 1. The number of amides is 1. The number of rotatable bonds is 10. The van der Waals surface area contributed by atoms with Crippen LogP contribution >= 0.6 is 0 Å². The fraction of sp³-hybridized carbons (Fsp3) is 0.318. The molecule has 1 unspecified atom stereocenters. The highest BCUT2D eigenvalue weighted by molar-refractivity contribution is 5.96. The molecule has 1 atom stereocenters. The molecule has 0 aromatic heterocycles. The lowest BCUT2D eigenvalue weighted by atomic mass is 9.87. The van der Waals surface area contributed by atoms with Gasteiger partial charge < -0.3 is 15.2 Å². The van der Waals surface area contributed by atoms with E-state index in [1.165, 1.54) is 0 Å². The molecule has 1 amide bonds. The molecule has 0 heterocycles. The summed E-state index contributed by atoms with van der Waals surface area (Å²) in [4.78, 5) is 36.6. The van der Waals surface area contributed by atoms with E-state index in [1.807, 2.05) is 0 Å². The molecule has 6 heteroatoms. The van der Waals surface area contributed by atoms with Crippen molar-refractivity contribution in [1.82, 2.24) is 5.32 Å². The van der Waals surface area contributed by atoms with Crippen molar-refractivity contribution in [1.29, 1.82) is 0 Å². The zero-order valence-corrected chi connectivity index (χ0v) is 16.1. The van der Waals surface area contributed by atoms with Crippen LogP contribution in [0.4, 0.5) is 0 Å². The Balaban J connectivity index is 1.96. The van der Waals surface area contributed by atoms with Crippen molar-refractivity contribution >= 4 is 17.7 Å². The molecule has 2 rings (SSSR count). The summed E-state index contributed by atoms with van der Waals surface area (Å²) in [5.74, 6) is -0.903. The van der Waals surface area contributed by atoms with E-state index in [9.17, 15) is 19.5 Å². The van der Waals surface area contributed by atoms with Crippen LogP contribution in [-0.4, -0.2) is 29.9 Å². The molecule has 0 saturated carbocycles. The highest BCUT2D eigenvalue weighted by Gasteiger charge is 2.39. The van der Waals surface area contributed by atoms with Gasteiger partial charge in [-0.15, -0.1) is 0 Å². The molecule has 0 spiro atoms. The average Bonchev–Trinajstić information content (AvgIpc) is 2.72. The first-order chi connectivity index (χ1) is 13.4. The Labute approximate surface area is 164 Å². The standard InChI is InChI=1S/C22H25NO5/c1-3-22(21(26)27,17-8-5-4-6-9-17)23-20(25)11-7-10-19(24)16-12-14-18(28-2)15-13-16/h4-6,8-9,12-15H,3,7,10-11H2,1-2H3,(H,23,25)(H,26,27). The average molecular weight is 383 g/mol. The van der Waals surface area contributed by atoms with E-state index < -0.39 is 17.4 Å². The normalized spacial score (nSPS) is 12.6. The molecule has 0 saturated heterocycles. The van der Waals surface area contributed by atoms with Crippen molar-refractivity contribution in [2.24, 2.45) is 0 Å². The van der Waals surface area contributed by atoms with E-state index in [1.54, 1.807) is 68.6 Å². The Morgan fingerprint density at radius 3 is 2.18 bits per heavy atom. The first-order valence-corrected chi connectivity index (χ1v) is 9.20. The summed E-state index contributed by atoms with van der Waals surface area (Å²) in [6, 6.07) is 15.4. The minimum absolute atomic E-state index is 0.0708. The number of ether oxygens (including phenoxy) is 1. The second-order valence-corrected chi connectivity index (χ2v) is 6.48. The maximum Gasteiger partial charge on any atom is 0.334 e. The molecule has 2 aromatic carbocycles. The summed E-state index contributed by atoms with van der Waals surface area (Å²) in [6.45, 7) is 1.72. The van der Waals surface area contributed by atoms with E-state index >= 15 is 0 Å². The van der Waals surface area contributed by atoms with Gasteiger partial charge in [-0.2, -0.15) is 0 Å². The minimum Gasteiger partial charge on any atom is -0.497 e. The highest BCUT2D eigenvalue weighted by Crippen LogP contribution is 2.26. The SMILES string of the molecule is CCC(NC(=O)CCCC(=O)c1ccc(OC)cc1)(C(=O)O)c1ccccc1. The van der Waals surface area contributed by atoms with Gasteiger partial charge in [-0.3, -0.25) is 9.59 Å². The molecule has 28 heavy (non-hydrogen) atoms. The van der Waals surface area contributed by atoms with Crippen molar-refractivity contribution < 1.29 is 24.2 Å². The van der Waals surface area contributed by atoms with Crippen LogP contribution in [-0.2, 0) is 15.1 Å². The lowest BCUT2D eigenvalue weighted by Crippen LogP contribution is -2.51. The summed E-state index contributed by atoms with van der Waals surface area (Å²) in [6.07, 6.45) is 0.828. The number of hydrogen-bond acceptors (Lipinski definition) is 4. The fourth-order valence-electron chi connectivity index (χ4n) is 3.05. The second kappa shape index (κ2) is 9.69. The van der Waals surface area contributed by atoms with E-state index in [0.29, 0.717) is 23.3 Å². The van der Waals surface area contributed by atoms with Gasteiger partial charge in [0.25, 0.3) is 0 Å². The summed E-state index contributed by atoms with van der Waals surface area (Å²) < 4.78 is 5.06. The van der Waals surface area contributed by atoms with Crippen LogP contribution in [0.2, 0.25) is 0 Å². The topological polar surface area (TPSA) is 92.7 Å². The van der Waals surface area contributed by atoms with E-state index in [-0.39, 0.29) is 25.0 Å². The van der Waals surface area contributed by atoms with E-state index in [0.717, 1.165) is 0 Å².